The van der Waals surface area contributed by atoms with Crippen molar-refractivity contribution in [3.05, 3.63) is 123 Å². The second-order valence-electron chi connectivity index (χ2n) is 12.7. The monoisotopic (exact) mass is 606 g/mol. The molecule has 1 saturated heterocycles. The van der Waals surface area contributed by atoms with Gasteiger partial charge in [0.1, 0.15) is 29.5 Å². The zero-order chi connectivity index (χ0) is 32.4. The van der Waals surface area contributed by atoms with Gasteiger partial charge in [0.05, 0.1) is 17.7 Å². The average Bonchev–Trinajstić information content (AvgIpc) is 3.04. The molecule has 3 aromatic rings. The van der Waals surface area contributed by atoms with Crippen LogP contribution in [0.3, 0.4) is 0 Å². The molecular weight excluding hydrogens is 570 g/mol. The largest absolute Gasteiger partial charge is 0.465 e. The number of hydrogen-bond donors (Lipinski definition) is 0. The molecule has 0 radical (unpaired) electrons. The van der Waals surface area contributed by atoms with E-state index < -0.39 is 28.4 Å². The Morgan fingerprint density at radius 2 is 1.51 bits per heavy atom. The first-order valence-corrected chi connectivity index (χ1v) is 15.2. The lowest BCUT2D eigenvalue weighted by atomic mass is 9.62. The molecule has 0 spiro atoms. The fourth-order valence-corrected chi connectivity index (χ4v) is 6.53. The molecule has 2 unspecified atom stereocenters. The van der Waals surface area contributed by atoms with Gasteiger partial charge >= 0.3 is 0 Å². The number of benzene rings is 3. The maximum Gasteiger partial charge on any atom is 0.199 e. The van der Waals surface area contributed by atoms with Crippen LogP contribution in [0.1, 0.15) is 86.0 Å². The SMILES string of the molecule is CC(C)(C1=CCC(C(C)(C)c2cccc(F)c2C#N)C(C(=O)c2ccc(OC3CCCCO3)cc2)=C1)c1cccc(F)c1C#N. The van der Waals surface area contributed by atoms with Gasteiger partial charge in [0, 0.05) is 28.9 Å². The zero-order valence-electron chi connectivity index (χ0n) is 26.0. The highest BCUT2D eigenvalue weighted by Crippen LogP contribution is 2.47. The molecule has 7 heteroatoms. The zero-order valence-corrected chi connectivity index (χ0v) is 26.0. The third kappa shape index (κ3) is 6.19. The second-order valence-corrected chi connectivity index (χ2v) is 12.7. The van der Waals surface area contributed by atoms with Crippen LogP contribution in [-0.2, 0) is 15.6 Å². The van der Waals surface area contributed by atoms with E-state index in [1.165, 1.54) is 12.1 Å². The smallest absolute Gasteiger partial charge is 0.199 e. The Bertz CT molecular complexity index is 1750. The first-order chi connectivity index (χ1) is 21.5. The number of carbonyl (C=O) groups excluding carboxylic acids is 1. The van der Waals surface area contributed by atoms with Crippen LogP contribution in [0.2, 0.25) is 0 Å². The summed E-state index contributed by atoms with van der Waals surface area (Å²) in [7, 11) is 0. The van der Waals surface area contributed by atoms with E-state index in [1.807, 2.05) is 52.0 Å². The summed E-state index contributed by atoms with van der Waals surface area (Å²) in [5, 5.41) is 19.6. The Morgan fingerprint density at radius 3 is 2.11 bits per heavy atom. The Labute approximate surface area is 263 Å². The minimum atomic E-state index is -0.821. The second kappa shape index (κ2) is 12.8. The van der Waals surface area contributed by atoms with Gasteiger partial charge in [0.15, 0.2) is 12.1 Å². The van der Waals surface area contributed by atoms with Crippen molar-refractivity contribution in [3.8, 4) is 17.9 Å². The van der Waals surface area contributed by atoms with Gasteiger partial charge in [-0.25, -0.2) is 8.78 Å². The Kier molecular flexibility index (Phi) is 9.05. The number of hydrogen-bond acceptors (Lipinski definition) is 5. The third-order valence-corrected chi connectivity index (χ3v) is 9.26. The van der Waals surface area contributed by atoms with Gasteiger partial charge in [0.2, 0.25) is 0 Å². The summed E-state index contributed by atoms with van der Waals surface area (Å²) in [6, 6.07) is 20.1. The van der Waals surface area contributed by atoms with E-state index in [2.05, 4.69) is 0 Å². The van der Waals surface area contributed by atoms with Crippen molar-refractivity contribution in [2.24, 2.45) is 5.92 Å². The Hall–Kier alpha value is -4.59. The molecule has 0 bridgehead atoms. The van der Waals surface area contributed by atoms with E-state index in [4.69, 9.17) is 9.47 Å². The number of nitrogens with zero attached hydrogens (tertiary/aromatic N) is 2. The molecule has 5 rings (SSSR count). The number of rotatable bonds is 8. The van der Waals surface area contributed by atoms with Crippen LogP contribution < -0.4 is 4.74 Å². The molecule has 2 atom stereocenters. The number of halogens is 2. The fourth-order valence-electron chi connectivity index (χ4n) is 6.53. The lowest BCUT2D eigenvalue weighted by Crippen LogP contribution is -2.36. The predicted octanol–water partition coefficient (Wildman–Crippen LogP) is 8.62. The van der Waals surface area contributed by atoms with Crippen molar-refractivity contribution in [1.29, 1.82) is 10.5 Å². The third-order valence-electron chi connectivity index (χ3n) is 9.26. The van der Waals surface area contributed by atoms with E-state index in [-0.39, 0.29) is 23.2 Å². The van der Waals surface area contributed by atoms with Crippen LogP contribution in [0, 0.1) is 40.2 Å². The molecule has 2 aliphatic rings. The molecule has 0 amide bonds. The van der Waals surface area contributed by atoms with Crippen molar-refractivity contribution >= 4 is 5.78 Å². The molecule has 230 valence electrons. The van der Waals surface area contributed by atoms with Crippen molar-refractivity contribution in [2.45, 2.75) is 70.5 Å². The highest BCUT2D eigenvalue weighted by molar-refractivity contribution is 6.09. The average molecular weight is 607 g/mol. The molecule has 0 aromatic heterocycles. The van der Waals surface area contributed by atoms with Gasteiger partial charge in [-0.05, 0) is 77.8 Å². The van der Waals surface area contributed by atoms with Crippen LogP contribution in [0.25, 0.3) is 0 Å². The van der Waals surface area contributed by atoms with Crippen LogP contribution in [0.5, 0.6) is 5.75 Å². The topological polar surface area (TPSA) is 83.1 Å². The molecule has 5 nitrogen and oxygen atoms in total. The Morgan fingerprint density at radius 1 is 0.889 bits per heavy atom. The summed E-state index contributed by atoms with van der Waals surface area (Å²) < 4.78 is 41.1. The van der Waals surface area contributed by atoms with Crippen LogP contribution in [0.15, 0.2) is 84.0 Å². The van der Waals surface area contributed by atoms with Crippen molar-refractivity contribution in [2.75, 3.05) is 6.61 Å². The lowest BCUT2D eigenvalue weighted by molar-refractivity contribution is -0.105. The van der Waals surface area contributed by atoms with Crippen LogP contribution in [-0.4, -0.2) is 18.7 Å². The summed E-state index contributed by atoms with van der Waals surface area (Å²) in [6.45, 7) is 8.29. The molecule has 0 saturated carbocycles. The fraction of sp³-hybridized carbons (Fsp3) is 0.342. The molecule has 1 aliphatic heterocycles. The van der Waals surface area contributed by atoms with E-state index in [0.717, 1.165) is 24.8 Å². The minimum absolute atomic E-state index is 0.0388. The van der Waals surface area contributed by atoms with Gasteiger partial charge in [-0.2, -0.15) is 10.5 Å². The molecule has 1 fully saturated rings. The van der Waals surface area contributed by atoms with Crippen molar-refractivity contribution in [3.63, 3.8) is 0 Å². The summed E-state index contributed by atoms with van der Waals surface area (Å²) in [4.78, 5) is 14.4. The number of nitriles is 2. The number of ketones is 1. The standard InChI is InChI=1S/C38H36F2N2O3/c1-37(2,30-9-7-11-33(39)28(30)22-41)25-16-19-32(38(3,4)31-10-8-12-34(40)29(31)23-42)27(21-25)36(43)24-14-17-26(18-15-24)45-35-13-5-6-20-44-35/h7-12,14-18,21,32,35H,5-6,13,19-20H2,1-4H3. The number of carbonyl (C=O) groups is 1. The number of Topliss-reactive ketones (excluding diaryl/α,β-unsaturated/α-hetero) is 1. The van der Waals surface area contributed by atoms with E-state index in [9.17, 15) is 24.1 Å². The number of allylic oxidation sites excluding steroid dienone is 4. The molecule has 0 N–H and O–H groups in total. The van der Waals surface area contributed by atoms with E-state index in [1.54, 1.807) is 48.5 Å². The van der Waals surface area contributed by atoms with Crippen LogP contribution >= 0.6 is 0 Å². The van der Waals surface area contributed by atoms with Crippen LogP contribution in [0.4, 0.5) is 8.78 Å². The molecule has 1 aliphatic carbocycles. The molecular formula is C38H36F2N2O3. The van der Waals surface area contributed by atoms with Gasteiger partial charge in [-0.3, -0.25) is 4.79 Å². The molecule has 1 heterocycles. The molecule has 3 aromatic carbocycles. The highest BCUT2D eigenvalue weighted by Gasteiger charge is 2.41. The lowest BCUT2D eigenvalue weighted by Gasteiger charge is -2.40. The summed E-state index contributed by atoms with van der Waals surface area (Å²) >= 11 is 0. The Balaban J connectivity index is 1.57. The summed E-state index contributed by atoms with van der Waals surface area (Å²) in [6.07, 6.45) is 6.76. The first kappa shape index (κ1) is 31.8. The highest BCUT2D eigenvalue weighted by atomic mass is 19.1. The normalized spacial score (nSPS) is 18.7. The number of ether oxygens (including phenoxy) is 2. The maximum absolute atomic E-state index is 14.8. The quantitative estimate of drug-likeness (QED) is 0.240. The molecule has 45 heavy (non-hydrogen) atoms. The minimum Gasteiger partial charge on any atom is -0.465 e. The van der Waals surface area contributed by atoms with Crippen molar-refractivity contribution in [1.82, 2.24) is 0 Å². The van der Waals surface area contributed by atoms with E-state index in [0.29, 0.717) is 41.0 Å². The summed E-state index contributed by atoms with van der Waals surface area (Å²) in [5.74, 6) is -1.25. The van der Waals surface area contributed by atoms with Crippen molar-refractivity contribution < 1.29 is 23.0 Å². The van der Waals surface area contributed by atoms with Gasteiger partial charge in [-0.1, -0.05) is 64.1 Å². The van der Waals surface area contributed by atoms with E-state index >= 15 is 0 Å². The van der Waals surface area contributed by atoms with Gasteiger partial charge < -0.3 is 9.47 Å². The first-order valence-electron chi connectivity index (χ1n) is 15.2. The van der Waals surface area contributed by atoms with Gasteiger partial charge in [0.25, 0.3) is 0 Å². The van der Waals surface area contributed by atoms with Gasteiger partial charge in [-0.15, -0.1) is 0 Å². The predicted molar refractivity (Wildman–Crippen MR) is 168 cm³/mol. The summed E-state index contributed by atoms with van der Waals surface area (Å²) in [5.41, 5.74) is 0.991. The maximum atomic E-state index is 14.8.